The van der Waals surface area contributed by atoms with Crippen LogP contribution in [0.25, 0.3) is 10.9 Å². The molecule has 2 aromatic carbocycles. The number of hydrogen-bond acceptors (Lipinski definition) is 5. The van der Waals surface area contributed by atoms with E-state index >= 15 is 0 Å². The van der Waals surface area contributed by atoms with Gasteiger partial charge >= 0.3 is 5.97 Å². The molecule has 3 aromatic rings. The molecular formula is C24H26ClNO5. The van der Waals surface area contributed by atoms with Gasteiger partial charge < -0.3 is 19.3 Å². The molecule has 1 aromatic heterocycles. The van der Waals surface area contributed by atoms with Gasteiger partial charge in [0.1, 0.15) is 18.1 Å². The SMILES string of the molecule is CCOC(Cc1ccccc1OCc1cnc2ccc(Cl)cc2c1OC(C)C)C(=O)O. The zero-order valence-corrected chi connectivity index (χ0v) is 18.6. The van der Waals surface area contributed by atoms with Crippen molar-refractivity contribution in [1.29, 1.82) is 0 Å². The summed E-state index contributed by atoms with van der Waals surface area (Å²) in [6.07, 6.45) is 0.967. The van der Waals surface area contributed by atoms with Crippen molar-refractivity contribution >= 4 is 28.5 Å². The molecule has 0 fully saturated rings. The van der Waals surface area contributed by atoms with E-state index in [0.29, 0.717) is 23.1 Å². The number of pyridine rings is 1. The second-order valence-electron chi connectivity index (χ2n) is 7.32. The molecule has 0 saturated heterocycles. The van der Waals surface area contributed by atoms with Gasteiger partial charge in [0.05, 0.1) is 17.2 Å². The Morgan fingerprint density at radius 3 is 2.65 bits per heavy atom. The number of para-hydroxylation sites is 1. The summed E-state index contributed by atoms with van der Waals surface area (Å²) < 4.78 is 17.5. The van der Waals surface area contributed by atoms with Gasteiger partial charge in [-0.25, -0.2) is 4.79 Å². The van der Waals surface area contributed by atoms with Crippen molar-refractivity contribution in [1.82, 2.24) is 4.98 Å². The number of carboxylic acid groups (broad SMARTS) is 1. The van der Waals surface area contributed by atoms with Crippen LogP contribution in [0.2, 0.25) is 5.02 Å². The van der Waals surface area contributed by atoms with E-state index in [1.165, 1.54) is 0 Å². The highest BCUT2D eigenvalue weighted by molar-refractivity contribution is 6.31. The van der Waals surface area contributed by atoms with Crippen molar-refractivity contribution in [3.63, 3.8) is 0 Å². The maximum absolute atomic E-state index is 11.5. The number of ether oxygens (including phenoxy) is 3. The number of aliphatic carboxylic acids is 1. The predicted molar refractivity (Wildman–Crippen MR) is 120 cm³/mol. The van der Waals surface area contributed by atoms with Gasteiger partial charge in [-0.3, -0.25) is 4.98 Å². The monoisotopic (exact) mass is 443 g/mol. The number of halogens is 1. The molecule has 164 valence electrons. The van der Waals surface area contributed by atoms with Crippen LogP contribution in [-0.2, 0) is 22.6 Å². The molecule has 1 N–H and O–H groups in total. The molecule has 0 aliphatic rings. The first-order valence-electron chi connectivity index (χ1n) is 10.2. The maximum atomic E-state index is 11.5. The van der Waals surface area contributed by atoms with Crippen LogP contribution in [0, 0.1) is 0 Å². The van der Waals surface area contributed by atoms with E-state index in [2.05, 4.69) is 4.98 Å². The van der Waals surface area contributed by atoms with Gasteiger partial charge in [0.2, 0.25) is 0 Å². The summed E-state index contributed by atoms with van der Waals surface area (Å²) in [5.74, 6) is 0.271. The lowest BCUT2D eigenvalue weighted by Crippen LogP contribution is -2.26. The lowest BCUT2D eigenvalue weighted by atomic mass is 10.1. The Labute approximate surface area is 186 Å². The second-order valence-corrected chi connectivity index (χ2v) is 7.76. The van der Waals surface area contributed by atoms with Crippen LogP contribution < -0.4 is 9.47 Å². The largest absolute Gasteiger partial charge is 0.490 e. The zero-order chi connectivity index (χ0) is 22.4. The van der Waals surface area contributed by atoms with Crippen LogP contribution in [0.15, 0.2) is 48.7 Å². The molecule has 0 amide bonds. The summed E-state index contributed by atoms with van der Waals surface area (Å²) in [4.78, 5) is 16.0. The zero-order valence-electron chi connectivity index (χ0n) is 17.8. The van der Waals surface area contributed by atoms with Gasteiger partial charge in [0.25, 0.3) is 0 Å². The van der Waals surface area contributed by atoms with E-state index in [0.717, 1.165) is 22.0 Å². The lowest BCUT2D eigenvalue weighted by Gasteiger charge is -2.19. The number of rotatable bonds is 10. The number of benzene rings is 2. The minimum Gasteiger partial charge on any atom is -0.490 e. The maximum Gasteiger partial charge on any atom is 0.333 e. The van der Waals surface area contributed by atoms with Gasteiger partial charge in [-0.15, -0.1) is 0 Å². The molecule has 1 atom stereocenters. The van der Waals surface area contributed by atoms with Gasteiger partial charge in [-0.1, -0.05) is 29.8 Å². The average Bonchev–Trinajstić information content (AvgIpc) is 2.73. The first-order chi connectivity index (χ1) is 14.9. The number of carboxylic acids is 1. The van der Waals surface area contributed by atoms with Crippen molar-refractivity contribution in [2.24, 2.45) is 0 Å². The predicted octanol–water partition coefficient (Wildman–Crippen LogP) is 5.29. The summed E-state index contributed by atoms with van der Waals surface area (Å²) in [5.41, 5.74) is 2.31. The molecule has 0 spiro atoms. The number of aromatic nitrogens is 1. The van der Waals surface area contributed by atoms with Crippen molar-refractivity contribution in [2.75, 3.05) is 6.61 Å². The minimum absolute atomic E-state index is 0.0434. The average molecular weight is 444 g/mol. The summed E-state index contributed by atoms with van der Waals surface area (Å²) in [7, 11) is 0. The Bertz CT molecular complexity index is 1050. The fourth-order valence-electron chi connectivity index (χ4n) is 3.25. The Balaban J connectivity index is 1.88. The molecular weight excluding hydrogens is 418 g/mol. The van der Waals surface area contributed by atoms with Crippen LogP contribution in [0.1, 0.15) is 31.9 Å². The Morgan fingerprint density at radius 1 is 1.16 bits per heavy atom. The van der Waals surface area contributed by atoms with Crippen LogP contribution in [0.5, 0.6) is 11.5 Å². The molecule has 1 heterocycles. The van der Waals surface area contributed by atoms with Crippen LogP contribution >= 0.6 is 11.6 Å². The Hall–Kier alpha value is -2.83. The molecule has 0 aliphatic carbocycles. The minimum atomic E-state index is -1.00. The summed E-state index contributed by atoms with van der Waals surface area (Å²) >= 11 is 6.20. The van der Waals surface area contributed by atoms with Crippen molar-refractivity contribution in [3.8, 4) is 11.5 Å². The second kappa shape index (κ2) is 10.5. The third kappa shape index (κ3) is 5.87. The van der Waals surface area contributed by atoms with E-state index in [1.807, 2.05) is 50.2 Å². The van der Waals surface area contributed by atoms with Crippen molar-refractivity contribution in [2.45, 2.75) is 46.0 Å². The lowest BCUT2D eigenvalue weighted by molar-refractivity contribution is -0.149. The standard InChI is InChI=1S/C24H26ClNO5/c1-4-29-22(24(27)28)11-16-7-5-6-8-21(16)30-14-17-13-26-20-10-9-18(25)12-19(20)23(17)31-15(2)3/h5-10,12-13,15,22H,4,11,14H2,1-3H3,(H,27,28). The highest BCUT2D eigenvalue weighted by Gasteiger charge is 2.20. The molecule has 3 rings (SSSR count). The molecule has 0 aliphatic heterocycles. The van der Waals surface area contributed by atoms with Gasteiger partial charge in [0, 0.05) is 29.6 Å². The van der Waals surface area contributed by atoms with E-state index in [9.17, 15) is 9.90 Å². The fraction of sp³-hybridized carbons (Fsp3) is 0.333. The smallest absolute Gasteiger partial charge is 0.333 e. The van der Waals surface area contributed by atoms with Gasteiger partial charge in [-0.2, -0.15) is 0 Å². The Kier molecular flexibility index (Phi) is 7.71. The van der Waals surface area contributed by atoms with E-state index in [-0.39, 0.29) is 19.1 Å². The molecule has 6 nitrogen and oxygen atoms in total. The first kappa shape index (κ1) is 22.8. The third-order valence-corrected chi connectivity index (χ3v) is 4.85. The molecule has 1 unspecified atom stereocenters. The van der Waals surface area contributed by atoms with E-state index in [4.69, 9.17) is 25.8 Å². The quantitative estimate of drug-likeness (QED) is 0.459. The van der Waals surface area contributed by atoms with E-state index < -0.39 is 12.1 Å². The molecule has 0 radical (unpaired) electrons. The summed E-state index contributed by atoms with van der Waals surface area (Å²) in [5, 5.41) is 10.8. The normalized spacial score (nSPS) is 12.2. The van der Waals surface area contributed by atoms with Gasteiger partial charge in [-0.05, 0) is 50.6 Å². The first-order valence-corrected chi connectivity index (χ1v) is 10.6. The number of fused-ring (bicyclic) bond motifs is 1. The third-order valence-electron chi connectivity index (χ3n) is 4.61. The summed E-state index contributed by atoms with van der Waals surface area (Å²) in [6, 6.07) is 12.8. The van der Waals surface area contributed by atoms with Crippen LogP contribution in [-0.4, -0.2) is 34.9 Å². The van der Waals surface area contributed by atoms with Crippen molar-refractivity contribution < 1.29 is 24.1 Å². The fourth-order valence-corrected chi connectivity index (χ4v) is 3.42. The van der Waals surface area contributed by atoms with E-state index in [1.54, 1.807) is 19.2 Å². The molecule has 7 heteroatoms. The Morgan fingerprint density at radius 2 is 1.94 bits per heavy atom. The van der Waals surface area contributed by atoms with Gasteiger partial charge in [0.15, 0.2) is 6.10 Å². The molecule has 31 heavy (non-hydrogen) atoms. The van der Waals surface area contributed by atoms with Crippen LogP contribution in [0.3, 0.4) is 0 Å². The number of hydrogen-bond donors (Lipinski definition) is 1. The van der Waals surface area contributed by atoms with Crippen molar-refractivity contribution in [3.05, 3.63) is 64.8 Å². The molecule has 0 bridgehead atoms. The number of carbonyl (C=O) groups is 1. The topological polar surface area (TPSA) is 77.9 Å². The summed E-state index contributed by atoms with van der Waals surface area (Å²) in [6.45, 7) is 6.21. The highest BCUT2D eigenvalue weighted by atomic mass is 35.5. The van der Waals surface area contributed by atoms with Crippen LogP contribution in [0.4, 0.5) is 0 Å². The molecule has 0 saturated carbocycles. The highest BCUT2D eigenvalue weighted by Crippen LogP contribution is 2.32. The number of nitrogens with zero attached hydrogens (tertiary/aromatic N) is 1.